The van der Waals surface area contributed by atoms with Crippen LogP contribution in [0.25, 0.3) is 0 Å². The molecule has 0 saturated carbocycles. The maximum Gasteiger partial charge on any atom is 0.407 e. The van der Waals surface area contributed by atoms with Crippen LogP contribution in [0, 0.1) is 0 Å². The molecule has 204 valence electrons. The first-order valence-electron chi connectivity index (χ1n) is 12.5. The Morgan fingerprint density at radius 1 is 0.868 bits per heavy atom. The van der Waals surface area contributed by atoms with Gasteiger partial charge in [-0.15, -0.1) is 0 Å². The van der Waals surface area contributed by atoms with Crippen LogP contribution in [0.4, 0.5) is 20.1 Å². The van der Waals surface area contributed by atoms with E-state index in [1.807, 2.05) is 12.1 Å². The SMILES string of the molecule is CC(C)(C)OC(=O)NCc1ccc(NC(=O)N2CCc3ccccc3C2=O)c(CNC(=O)OC(C)(C)C)c1. The predicted molar refractivity (Wildman–Crippen MR) is 143 cm³/mol. The molecule has 0 bridgehead atoms. The number of nitrogens with one attached hydrogen (secondary N) is 3. The van der Waals surface area contributed by atoms with Gasteiger partial charge in [-0.25, -0.2) is 14.4 Å². The Balaban J connectivity index is 1.76. The number of hydrogen-bond donors (Lipinski definition) is 3. The van der Waals surface area contributed by atoms with E-state index in [2.05, 4.69) is 16.0 Å². The molecule has 10 nitrogen and oxygen atoms in total. The fourth-order valence-corrected chi connectivity index (χ4v) is 3.80. The molecule has 5 amide bonds. The fraction of sp³-hybridized carbons (Fsp3) is 0.429. The molecule has 1 aliphatic rings. The Bertz CT molecular complexity index is 1210. The van der Waals surface area contributed by atoms with Crippen LogP contribution in [0.3, 0.4) is 0 Å². The van der Waals surface area contributed by atoms with Gasteiger partial charge in [0.1, 0.15) is 11.2 Å². The van der Waals surface area contributed by atoms with Crippen molar-refractivity contribution in [2.24, 2.45) is 0 Å². The van der Waals surface area contributed by atoms with Gasteiger partial charge in [-0.1, -0.05) is 30.3 Å². The summed E-state index contributed by atoms with van der Waals surface area (Å²) in [5.41, 5.74) is 1.81. The van der Waals surface area contributed by atoms with Crippen LogP contribution in [-0.4, -0.2) is 46.8 Å². The number of anilines is 1. The molecule has 1 aliphatic heterocycles. The van der Waals surface area contributed by atoms with Crippen LogP contribution in [0.2, 0.25) is 0 Å². The maximum absolute atomic E-state index is 13.1. The Morgan fingerprint density at radius 2 is 1.47 bits per heavy atom. The highest BCUT2D eigenvalue weighted by Crippen LogP contribution is 2.22. The third-order valence-electron chi connectivity index (χ3n) is 5.41. The molecule has 0 unspecified atom stereocenters. The van der Waals surface area contributed by atoms with Crippen LogP contribution in [0.5, 0.6) is 0 Å². The molecule has 0 spiro atoms. The highest BCUT2D eigenvalue weighted by atomic mass is 16.6. The standard InChI is InChI=1S/C28H36N4O6/c1-27(2,3)37-25(35)29-16-18-11-12-22(20(15-18)17-30-26(36)38-28(4,5)6)31-24(34)32-14-13-19-9-7-8-10-21(19)23(32)33/h7-12,15H,13-14,16-17H2,1-6H3,(H,29,35)(H,30,36)(H,31,34). The van der Waals surface area contributed by atoms with Crippen molar-refractivity contribution in [3.63, 3.8) is 0 Å². The largest absolute Gasteiger partial charge is 0.444 e. The Kier molecular flexibility index (Phi) is 8.65. The monoisotopic (exact) mass is 524 g/mol. The highest BCUT2D eigenvalue weighted by molar-refractivity contribution is 6.09. The summed E-state index contributed by atoms with van der Waals surface area (Å²) >= 11 is 0. The number of urea groups is 1. The molecule has 0 aliphatic carbocycles. The van der Waals surface area contributed by atoms with E-state index >= 15 is 0 Å². The second-order valence-electron chi connectivity index (χ2n) is 11.0. The van der Waals surface area contributed by atoms with E-state index in [4.69, 9.17) is 9.47 Å². The number of ether oxygens (including phenoxy) is 2. The molecule has 1 heterocycles. The van der Waals surface area contributed by atoms with Gasteiger partial charge < -0.3 is 25.4 Å². The number of imide groups is 1. The highest BCUT2D eigenvalue weighted by Gasteiger charge is 2.29. The van der Waals surface area contributed by atoms with Crippen LogP contribution >= 0.6 is 0 Å². The average molecular weight is 525 g/mol. The van der Waals surface area contributed by atoms with Gasteiger partial charge >= 0.3 is 18.2 Å². The van der Waals surface area contributed by atoms with E-state index < -0.39 is 29.4 Å². The Hall–Kier alpha value is -4.08. The summed E-state index contributed by atoms with van der Waals surface area (Å²) < 4.78 is 10.6. The zero-order valence-electron chi connectivity index (χ0n) is 22.8. The Labute approximate surface area is 223 Å². The zero-order valence-corrected chi connectivity index (χ0v) is 22.8. The number of amides is 5. The molecule has 0 atom stereocenters. The summed E-state index contributed by atoms with van der Waals surface area (Å²) in [5.74, 6) is -0.365. The van der Waals surface area contributed by atoms with E-state index in [1.165, 1.54) is 4.90 Å². The first-order chi connectivity index (χ1) is 17.7. The second-order valence-corrected chi connectivity index (χ2v) is 11.0. The number of fused-ring (bicyclic) bond motifs is 1. The first kappa shape index (κ1) is 28.5. The van der Waals surface area contributed by atoms with Crippen molar-refractivity contribution in [2.45, 2.75) is 72.3 Å². The number of carbonyl (C=O) groups is 4. The molecule has 2 aromatic rings. The van der Waals surface area contributed by atoms with Gasteiger partial charge in [0.05, 0.1) is 0 Å². The normalized spacial score (nSPS) is 13.3. The van der Waals surface area contributed by atoms with Crippen molar-refractivity contribution < 1.29 is 28.7 Å². The Morgan fingerprint density at radius 3 is 2.11 bits per heavy atom. The van der Waals surface area contributed by atoms with Crippen molar-refractivity contribution >= 4 is 29.8 Å². The van der Waals surface area contributed by atoms with Gasteiger partial charge in [-0.05, 0) is 76.8 Å². The quantitative estimate of drug-likeness (QED) is 0.507. The minimum absolute atomic E-state index is 0.0432. The van der Waals surface area contributed by atoms with Gasteiger partial charge in [-0.2, -0.15) is 0 Å². The van der Waals surface area contributed by atoms with Crippen molar-refractivity contribution in [3.05, 3.63) is 64.7 Å². The summed E-state index contributed by atoms with van der Waals surface area (Å²) in [6.45, 7) is 11.1. The fourth-order valence-electron chi connectivity index (χ4n) is 3.80. The summed E-state index contributed by atoms with van der Waals surface area (Å²) in [4.78, 5) is 51.5. The maximum atomic E-state index is 13.1. The third-order valence-corrected chi connectivity index (χ3v) is 5.41. The lowest BCUT2D eigenvalue weighted by atomic mass is 9.99. The number of alkyl carbamates (subject to hydrolysis) is 2. The molecule has 3 N–H and O–H groups in total. The number of benzene rings is 2. The molecule has 3 rings (SSSR count). The van der Waals surface area contributed by atoms with Gasteiger partial charge in [0.25, 0.3) is 5.91 Å². The number of nitrogens with zero attached hydrogens (tertiary/aromatic N) is 1. The van der Waals surface area contributed by atoms with E-state index in [-0.39, 0.29) is 25.5 Å². The van der Waals surface area contributed by atoms with Crippen LogP contribution in [0.1, 0.15) is 68.6 Å². The predicted octanol–water partition coefficient (Wildman–Crippen LogP) is 4.97. The van der Waals surface area contributed by atoms with Crippen molar-refractivity contribution in [1.29, 1.82) is 0 Å². The topological polar surface area (TPSA) is 126 Å². The van der Waals surface area contributed by atoms with Gasteiger partial charge in [0, 0.05) is 30.9 Å². The van der Waals surface area contributed by atoms with Gasteiger partial charge in [0.15, 0.2) is 0 Å². The molecule has 0 saturated heterocycles. The van der Waals surface area contributed by atoms with Gasteiger partial charge in [0.2, 0.25) is 0 Å². The minimum Gasteiger partial charge on any atom is -0.444 e. The zero-order chi connectivity index (χ0) is 28.1. The summed E-state index contributed by atoms with van der Waals surface area (Å²) in [6, 6.07) is 11.8. The lowest BCUT2D eigenvalue weighted by Gasteiger charge is -2.27. The summed E-state index contributed by atoms with van der Waals surface area (Å²) in [7, 11) is 0. The molecular formula is C28H36N4O6. The van der Waals surface area contributed by atoms with Crippen LogP contribution in [-0.2, 0) is 29.0 Å². The van der Waals surface area contributed by atoms with E-state index in [9.17, 15) is 19.2 Å². The average Bonchev–Trinajstić information content (AvgIpc) is 2.80. The summed E-state index contributed by atoms with van der Waals surface area (Å²) in [6.07, 6.45) is -0.612. The molecule has 0 radical (unpaired) electrons. The molecule has 0 aromatic heterocycles. The van der Waals surface area contributed by atoms with Crippen LogP contribution in [0.15, 0.2) is 42.5 Å². The van der Waals surface area contributed by atoms with Crippen molar-refractivity contribution in [3.8, 4) is 0 Å². The van der Waals surface area contributed by atoms with Crippen molar-refractivity contribution in [1.82, 2.24) is 15.5 Å². The molecule has 38 heavy (non-hydrogen) atoms. The molecule has 2 aromatic carbocycles. The van der Waals surface area contributed by atoms with Gasteiger partial charge in [-0.3, -0.25) is 9.69 Å². The number of carbonyl (C=O) groups excluding carboxylic acids is 4. The summed E-state index contributed by atoms with van der Waals surface area (Å²) in [5, 5.41) is 8.18. The minimum atomic E-state index is -0.675. The van der Waals surface area contributed by atoms with E-state index in [1.54, 1.807) is 71.9 Å². The third kappa shape index (κ3) is 8.22. The molecule has 0 fully saturated rings. The second kappa shape index (κ2) is 11.5. The molecular weight excluding hydrogens is 488 g/mol. The number of rotatable bonds is 5. The van der Waals surface area contributed by atoms with Crippen LogP contribution < -0.4 is 16.0 Å². The van der Waals surface area contributed by atoms with E-state index in [0.29, 0.717) is 23.2 Å². The lowest BCUT2D eigenvalue weighted by Crippen LogP contribution is -2.44. The molecule has 10 heteroatoms. The first-order valence-corrected chi connectivity index (χ1v) is 12.5. The number of hydrogen-bond acceptors (Lipinski definition) is 6. The van der Waals surface area contributed by atoms with Crippen molar-refractivity contribution in [2.75, 3.05) is 11.9 Å². The van der Waals surface area contributed by atoms with E-state index in [0.717, 1.165) is 11.1 Å². The lowest BCUT2D eigenvalue weighted by molar-refractivity contribution is 0.0513. The smallest absolute Gasteiger partial charge is 0.407 e.